The van der Waals surface area contributed by atoms with Gasteiger partial charge in [-0.2, -0.15) is 0 Å². The van der Waals surface area contributed by atoms with Crippen molar-refractivity contribution in [2.24, 2.45) is 5.92 Å². The van der Waals surface area contributed by atoms with Crippen molar-refractivity contribution in [3.05, 3.63) is 12.2 Å². The van der Waals surface area contributed by atoms with Crippen molar-refractivity contribution in [2.75, 3.05) is 0 Å². The van der Waals surface area contributed by atoms with Gasteiger partial charge in [-0.15, -0.1) is 0 Å². The lowest BCUT2D eigenvalue weighted by Crippen LogP contribution is -2.23. The summed E-state index contributed by atoms with van der Waals surface area (Å²) in [5.41, 5.74) is 0. The van der Waals surface area contributed by atoms with Gasteiger partial charge in [-0.3, -0.25) is 4.79 Å². The molecule has 0 saturated carbocycles. The molecule has 1 aliphatic rings. The topological polar surface area (TPSA) is 57.5 Å². The van der Waals surface area contributed by atoms with Crippen LogP contribution in [0.1, 0.15) is 19.3 Å². The van der Waals surface area contributed by atoms with E-state index < -0.39 is 12.1 Å². The molecule has 3 nitrogen and oxygen atoms in total. The number of carboxylic acids is 1. The first kappa shape index (κ1) is 8.27. The molecule has 2 N–H and O–H groups in total. The minimum atomic E-state index is -0.829. The quantitative estimate of drug-likeness (QED) is 0.581. The lowest BCUT2D eigenvalue weighted by molar-refractivity contribution is -0.139. The molecule has 2 unspecified atom stereocenters. The Bertz CT molecular complexity index is 174. The Hall–Kier alpha value is -0.830. The summed E-state index contributed by atoms with van der Waals surface area (Å²) < 4.78 is 0. The third-order valence-corrected chi connectivity index (χ3v) is 1.96. The smallest absolute Gasteiger partial charge is 0.303 e. The van der Waals surface area contributed by atoms with E-state index in [0.717, 1.165) is 12.8 Å². The number of carboxylic acid groups (broad SMARTS) is 1. The summed E-state index contributed by atoms with van der Waals surface area (Å²) in [4.78, 5) is 10.3. The van der Waals surface area contributed by atoms with Gasteiger partial charge >= 0.3 is 5.97 Å². The van der Waals surface area contributed by atoms with Crippen molar-refractivity contribution in [1.29, 1.82) is 0 Å². The second-order valence-electron chi connectivity index (χ2n) is 2.85. The van der Waals surface area contributed by atoms with Crippen LogP contribution >= 0.6 is 0 Å². The first-order chi connectivity index (χ1) is 5.20. The van der Waals surface area contributed by atoms with Gasteiger partial charge < -0.3 is 10.2 Å². The Balaban J connectivity index is 2.45. The van der Waals surface area contributed by atoms with E-state index in [1.54, 1.807) is 6.08 Å². The number of allylic oxidation sites excluding steroid dienone is 1. The van der Waals surface area contributed by atoms with E-state index >= 15 is 0 Å². The summed E-state index contributed by atoms with van der Waals surface area (Å²) in [5.74, 6) is -0.915. The van der Waals surface area contributed by atoms with E-state index in [2.05, 4.69) is 0 Å². The SMILES string of the molecule is O=C(O)CC1CCC=CC1O. The fraction of sp³-hybridized carbons (Fsp3) is 0.625. The van der Waals surface area contributed by atoms with Gasteiger partial charge in [0, 0.05) is 0 Å². The van der Waals surface area contributed by atoms with Crippen molar-refractivity contribution in [3.63, 3.8) is 0 Å². The summed E-state index contributed by atoms with van der Waals surface area (Å²) in [6.07, 6.45) is 4.75. The first-order valence-electron chi connectivity index (χ1n) is 3.76. The first-order valence-corrected chi connectivity index (χ1v) is 3.76. The van der Waals surface area contributed by atoms with Crippen LogP contribution in [0.5, 0.6) is 0 Å². The molecule has 2 atom stereocenters. The Morgan fingerprint density at radius 2 is 2.36 bits per heavy atom. The largest absolute Gasteiger partial charge is 0.481 e. The fourth-order valence-electron chi connectivity index (χ4n) is 1.32. The van der Waals surface area contributed by atoms with Crippen LogP contribution in [-0.4, -0.2) is 22.3 Å². The van der Waals surface area contributed by atoms with Gasteiger partial charge in [0.05, 0.1) is 12.5 Å². The van der Waals surface area contributed by atoms with E-state index in [0.29, 0.717) is 0 Å². The molecule has 0 bridgehead atoms. The van der Waals surface area contributed by atoms with Crippen LogP contribution in [0.2, 0.25) is 0 Å². The van der Waals surface area contributed by atoms with Crippen molar-refractivity contribution in [2.45, 2.75) is 25.4 Å². The molecule has 0 saturated heterocycles. The van der Waals surface area contributed by atoms with Crippen LogP contribution in [0.15, 0.2) is 12.2 Å². The Labute approximate surface area is 65.3 Å². The van der Waals surface area contributed by atoms with E-state index in [9.17, 15) is 9.90 Å². The number of hydrogen-bond donors (Lipinski definition) is 2. The third kappa shape index (κ3) is 2.35. The molecule has 0 aromatic carbocycles. The van der Waals surface area contributed by atoms with Gasteiger partial charge in [0.15, 0.2) is 0 Å². The van der Waals surface area contributed by atoms with Gasteiger partial charge in [-0.25, -0.2) is 0 Å². The average Bonchev–Trinajstić information content (AvgIpc) is 1.93. The number of rotatable bonds is 2. The van der Waals surface area contributed by atoms with Crippen molar-refractivity contribution < 1.29 is 15.0 Å². The predicted molar refractivity (Wildman–Crippen MR) is 40.1 cm³/mol. The molecule has 0 aromatic heterocycles. The highest BCUT2D eigenvalue weighted by Gasteiger charge is 2.21. The Morgan fingerprint density at radius 3 is 2.91 bits per heavy atom. The maximum atomic E-state index is 10.3. The maximum Gasteiger partial charge on any atom is 0.303 e. The predicted octanol–water partition coefficient (Wildman–Crippen LogP) is 0.788. The number of hydrogen-bond acceptors (Lipinski definition) is 2. The zero-order valence-corrected chi connectivity index (χ0v) is 6.23. The van der Waals surface area contributed by atoms with Crippen LogP contribution in [0.3, 0.4) is 0 Å². The van der Waals surface area contributed by atoms with Crippen molar-refractivity contribution in [3.8, 4) is 0 Å². The molecular weight excluding hydrogens is 144 g/mol. The summed E-state index contributed by atoms with van der Waals surface area (Å²) >= 11 is 0. The van der Waals surface area contributed by atoms with Crippen molar-refractivity contribution >= 4 is 5.97 Å². The zero-order chi connectivity index (χ0) is 8.27. The summed E-state index contributed by atoms with van der Waals surface area (Å²) in [6, 6.07) is 0. The van der Waals surface area contributed by atoms with Gasteiger partial charge in [-0.05, 0) is 18.8 Å². The maximum absolute atomic E-state index is 10.3. The molecular formula is C8H12O3. The van der Waals surface area contributed by atoms with Crippen LogP contribution in [-0.2, 0) is 4.79 Å². The third-order valence-electron chi connectivity index (χ3n) is 1.96. The number of aliphatic hydroxyl groups is 1. The summed E-state index contributed by atoms with van der Waals surface area (Å²) in [5, 5.41) is 17.7. The zero-order valence-electron chi connectivity index (χ0n) is 6.23. The number of aliphatic carboxylic acids is 1. The number of carbonyl (C=O) groups is 1. The van der Waals surface area contributed by atoms with E-state index in [1.807, 2.05) is 6.08 Å². The molecule has 0 amide bonds. The molecule has 0 heterocycles. The average molecular weight is 156 g/mol. The van der Waals surface area contributed by atoms with Crippen molar-refractivity contribution in [1.82, 2.24) is 0 Å². The van der Waals surface area contributed by atoms with E-state index in [4.69, 9.17) is 5.11 Å². The molecule has 0 fully saturated rings. The number of aliphatic hydroxyl groups excluding tert-OH is 1. The molecule has 0 radical (unpaired) electrons. The molecule has 0 aliphatic heterocycles. The highest BCUT2D eigenvalue weighted by atomic mass is 16.4. The standard InChI is InChI=1S/C8H12O3/c9-7-4-2-1-3-6(7)5-8(10)11/h2,4,6-7,9H,1,3,5H2,(H,10,11). The minimum absolute atomic E-state index is 0.0749. The van der Waals surface area contributed by atoms with Gasteiger partial charge in [-0.1, -0.05) is 12.2 Å². The minimum Gasteiger partial charge on any atom is -0.481 e. The van der Waals surface area contributed by atoms with Crippen LogP contribution in [0.25, 0.3) is 0 Å². The van der Waals surface area contributed by atoms with Gasteiger partial charge in [0.25, 0.3) is 0 Å². The van der Waals surface area contributed by atoms with Gasteiger partial charge in [0.2, 0.25) is 0 Å². The second-order valence-corrected chi connectivity index (χ2v) is 2.85. The van der Waals surface area contributed by atoms with Gasteiger partial charge in [0.1, 0.15) is 0 Å². The summed E-state index contributed by atoms with van der Waals surface area (Å²) in [7, 11) is 0. The highest BCUT2D eigenvalue weighted by molar-refractivity contribution is 5.67. The molecule has 62 valence electrons. The van der Waals surface area contributed by atoms with E-state index in [-0.39, 0.29) is 12.3 Å². The van der Waals surface area contributed by atoms with Crippen LogP contribution in [0, 0.1) is 5.92 Å². The van der Waals surface area contributed by atoms with Crippen LogP contribution in [0.4, 0.5) is 0 Å². The molecule has 11 heavy (non-hydrogen) atoms. The lowest BCUT2D eigenvalue weighted by atomic mass is 9.89. The second kappa shape index (κ2) is 3.53. The molecule has 1 rings (SSSR count). The fourth-order valence-corrected chi connectivity index (χ4v) is 1.32. The summed E-state index contributed by atoms with van der Waals surface area (Å²) in [6.45, 7) is 0. The normalized spacial score (nSPS) is 30.3. The Kier molecular flexibility index (Phi) is 2.65. The molecule has 1 aliphatic carbocycles. The Morgan fingerprint density at radius 1 is 1.64 bits per heavy atom. The highest BCUT2D eigenvalue weighted by Crippen LogP contribution is 2.21. The van der Waals surface area contributed by atoms with Crippen LogP contribution < -0.4 is 0 Å². The van der Waals surface area contributed by atoms with E-state index in [1.165, 1.54) is 0 Å². The molecule has 0 aromatic rings. The lowest BCUT2D eigenvalue weighted by Gasteiger charge is -2.21. The molecule has 3 heteroatoms. The molecule has 0 spiro atoms. The monoisotopic (exact) mass is 156 g/mol.